The van der Waals surface area contributed by atoms with Gasteiger partial charge in [-0.1, -0.05) is 6.42 Å². The van der Waals surface area contributed by atoms with E-state index in [0.717, 1.165) is 38.3 Å². The van der Waals surface area contributed by atoms with Crippen LogP contribution in [-0.4, -0.2) is 66.7 Å². The van der Waals surface area contributed by atoms with Gasteiger partial charge in [0.15, 0.2) is 0 Å². The molecule has 122 valence electrons. The summed E-state index contributed by atoms with van der Waals surface area (Å²) < 4.78 is 0. The molecular formula is C16H31N3O2. The lowest BCUT2D eigenvalue weighted by Crippen LogP contribution is -2.51. The molecule has 0 aromatic heterocycles. The van der Waals surface area contributed by atoms with Crippen LogP contribution in [0.15, 0.2) is 0 Å². The van der Waals surface area contributed by atoms with Crippen molar-refractivity contribution in [3.8, 4) is 0 Å². The number of carbonyl (C=O) groups is 1. The lowest BCUT2D eigenvalue weighted by Gasteiger charge is -2.33. The third-order valence-corrected chi connectivity index (χ3v) is 5.54. The van der Waals surface area contributed by atoms with E-state index in [4.69, 9.17) is 5.73 Å². The number of rotatable bonds is 6. The molecule has 21 heavy (non-hydrogen) atoms. The monoisotopic (exact) mass is 297 g/mol. The molecule has 1 saturated heterocycles. The average molecular weight is 297 g/mol. The number of nitrogens with zero attached hydrogens (tertiary/aromatic N) is 2. The normalized spacial score (nSPS) is 31.9. The topological polar surface area (TPSA) is 69.8 Å². The summed E-state index contributed by atoms with van der Waals surface area (Å²) in [5.74, 6) is 0.106. The first kappa shape index (κ1) is 16.7. The summed E-state index contributed by atoms with van der Waals surface area (Å²) in [6.07, 6.45) is 6.01. The number of hydrogen-bond donors (Lipinski definition) is 2. The fraction of sp³-hybridized carbons (Fsp3) is 0.938. The van der Waals surface area contributed by atoms with Gasteiger partial charge in [0.05, 0.1) is 0 Å². The Hall–Kier alpha value is -0.650. The molecule has 0 aromatic rings. The molecule has 1 saturated carbocycles. The number of aliphatic carboxylic acids is 1. The van der Waals surface area contributed by atoms with Crippen LogP contribution in [0.3, 0.4) is 0 Å². The highest BCUT2D eigenvalue weighted by Gasteiger charge is 2.45. The minimum atomic E-state index is -0.978. The van der Waals surface area contributed by atoms with E-state index in [2.05, 4.69) is 23.9 Å². The smallest absolute Gasteiger partial charge is 0.323 e. The molecule has 2 unspecified atom stereocenters. The predicted octanol–water partition coefficient (Wildman–Crippen LogP) is 1.23. The molecule has 1 heterocycles. The number of likely N-dealkylation sites (tertiary alicyclic amines) is 1. The van der Waals surface area contributed by atoms with Crippen LogP contribution in [0.5, 0.6) is 0 Å². The van der Waals surface area contributed by atoms with Crippen LogP contribution >= 0.6 is 0 Å². The van der Waals surface area contributed by atoms with Gasteiger partial charge in [0.1, 0.15) is 5.54 Å². The molecule has 5 heteroatoms. The van der Waals surface area contributed by atoms with Gasteiger partial charge < -0.3 is 20.6 Å². The SMILES string of the molecule is CN1CCC(CN(C)CCC2CCCC2(N)C(=O)O)CC1. The highest BCUT2D eigenvalue weighted by Crippen LogP contribution is 2.36. The van der Waals surface area contributed by atoms with Crippen molar-refractivity contribution < 1.29 is 9.90 Å². The van der Waals surface area contributed by atoms with Gasteiger partial charge in [-0.2, -0.15) is 0 Å². The Morgan fingerprint density at radius 1 is 1.38 bits per heavy atom. The first-order valence-corrected chi connectivity index (χ1v) is 8.31. The molecule has 2 rings (SSSR count). The number of carboxylic acid groups (broad SMARTS) is 1. The Morgan fingerprint density at radius 3 is 2.67 bits per heavy atom. The molecule has 2 fully saturated rings. The van der Waals surface area contributed by atoms with Crippen molar-refractivity contribution in [2.45, 2.75) is 44.1 Å². The molecule has 2 aliphatic rings. The number of nitrogens with two attached hydrogens (primary N) is 1. The minimum absolute atomic E-state index is 0.134. The summed E-state index contributed by atoms with van der Waals surface area (Å²) in [6.45, 7) is 4.49. The number of piperidine rings is 1. The third kappa shape index (κ3) is 4.18. The van der Waals surface area contributed by atoms with Crippen LogP contribution in [0.25, 0.3) is 0 Å². The lowest BCUT2D eigenvalue weighted by atomic mass is 9.85. The van der Waals surface area contributed by atoms with Crippen molar-refractivity contribution in [1.29, 1.82) is 0 Å². The standard InChI is InChI=1S/C16H31N3O2/c1-18-9-5-13(6-10-18)12-19(2)11-7-14-4-3-8-16(14,17)15(20)21/h13-14H,3-12,17H2,1-2H3,(H,20,21). The largest absolute Gasteiger partial charge is 0.480 e. The zero-order valence-corrected chi connectivity index (χ0v) is 13.6. The van der Waals surface area contributed by atoms with E-state index in [0.29, 0.717) is 6.42 Å². The van der Waals surface area contributed by atoms with Gasteiger partial charge in [-0.15, -0.1) is 0 Å². The first-order chi connectivity index (χ1) is 9.91. The maximum absolute atomic E-state index is 11.4. The third-order valence-electron chi connectivity index (χ3n) is 5.54. The Morgan fingerprint density at radius 2 is 2.05 bits per heavy atom. The van der Waals surface area contributed by atoms with Gasteiger partial charge in [-0.3, -0.25) is 4.79 Å². The highest BCUT2D eigenvalue weighted by atomic mass is 16.4. The van der Waals surface area contributed by atoms with Crippen LogP contribution in [0, 0.1) is 11.8 Å². The van der Waals surface area contributed by atoms with Gasteiger partial charge in [-0.25, -0.2) is 0 Å². The molecular weight excluding hydrogens is 266 g/mol. The second-order valence-electron chi connectivity index (χ2n) is 7.23. The molecule has 0 bridgehead atoms. The molecule has 3 N–H and O–H groups in total. The zero-order chi connectivity index (χ0) is 15.5. The van der Waals surface area contributed by atoms with Gasteiger partial charge in [0.25, 0.3) is 0 Å². The summed E-state index contributed by atoms with van der Waals surface area (Å²) in [5, 5.41) is 9.35. The molecule has 0 aromatic carbocycles. The fourth-order valence-corrected chi connectivity index (χ4v) is 3.94. The van der Waals surface area contributed by atoms with Crippen LogP contribution in [0.1, 0.15) is 38.5 Å². The summed E-state index contributed by atoms with van der Waals surface area (Å²) in [4.78, 5) is 16.1. The summed E-state index contributed by atoms with van der Waals surface area (Å²) >= 11 is 0. The number of carboxylic acids is 1. The van der Waals surface area contributed by atoms with E-state index < -0.39 is 11.5 Å². The fourth-order valence-electron chi connectivity index (χ4n) is 3.94. The summed E-state index contributed by atoms with van der Waals surface area (Å²) in [7, 11) is 4.35. The van der Waals surface area contributed by atoms with Crippen molar-refractivity contribution in [1.82, 2.24) is 9.80 Å². The first-order valence-electron chi connectivity index (χ1n) is 8.31. The molecule has 1 aliphatic heterocycles. The Kier molecular flexibility index (Phi) is 5.63. The van der Waals surface area contributed by atoms with Gasteiger partial charge in [0, 0.05) is 6.54 Å². The van der Waals surface area contributed by atoms with E-state index in [1.54, 1.807) is 0 Å². The van der Waals surface area contributed by atoms with E-state index in [9.17, 15) is 9.90 Å². The average Bonchev–Trinajstić information content (AvgIpc) is 2.82. The summed E-state index contributed by atoms with van der Waals surface area (Å²) in [6, 6.07) is 0. The van der Waals surface area contributed by atoms with Crippen molar-refractivity contribution >= 4 is 5.97 Å². The molecule has 0 spiro atoms. The van der Waals surface area contributed by atoms with Crippen LogP contribution in [-0.2, 0) is 4.79 Å². The second-order valence-corrected chi connectivity index (χ2v) is 7.23. The minimum Gasteiger partial charge on any atom is -0.480 e. The van der Waals surface area contributed by atoms with Crippen LogP contribution in [0.2, 0.25) is 0 Å². The van der Waals surface area contributed by atoms with Gasteiger partial charge in [0.2, 0.25) is 0 Å². The van der Waals surface area contributed by atoms with E-state index in [1.807, 2.05) is 0 Å². The van der Waals surface area contributed by atoms with Crippen LogP contribution < -0.4 is 5.73 Å². The Balaban J connectivity index is 1.73. The van der Waals surface area contributed by atoms with E-state index >= 15 is 0 Å². The van der Waals surface area contributed by atoms with Crippen molar-refractivity contribution in [3.05, 3.63) is 0 Å². The second kappa shape index (κ2) is 7.07. The zero-order valence-electron chi connectivity index (χ0n) is 13.6. The van der Waals surface area contributed by atoms with Gasteiger partial charge in [-0.05, 0) is 77.7 Å². The van der Waals surface area contributed by atoms with E-state index in [-0.39, 0.29) is 5.92 Å². The molecule has 2 atom stereocenters. The molecule has 0 amide bonds. The van der Waals surface area contributed by atoms with Gasteiger partial charge >= 0.3 is 5.97 Å². The molecule has 0 radical (unpaired) electrons. The van der Waals surface area contributed by atoms with Crippen LogP contribution in [0.4, 0.5) is 0 Å². The highest BCUT2D eigenvalue weighted by molar-refractivity contribution is 5.79. The summed E-state index contributed by atoms with van der Waals surface area (Å²) in [5.41, 5.74) is 5.13. The van der Waals surface area contributed by atoms with E-state index in [1.165, 1.54) is 25.9 Å². The maximum Gasteiger partial charge on any atom is 0.323 e. The Labute approximate surface area is 128 Å². The van der Waals surface area contributed by atoms with Crippen molar-refractivity contribution in [2.24, 2.45) is 17.6 Å². The molecule has 1 aliphatic carbocycles. The van der Waals surface area contributed by atoms with Crippen molar-refractivity contribution in [3.63, 3.8) is 0 Å². The maximum atomic E-state index is 11.4. The number of hydrogen-bond acceptors (Lipinski definition) is 4. The quantitative estimate of drug-likeness (QED) is 0.772. The molecule has 5 nitrogen and oxygen atoms in total. The Bertz CT molecular complexity index is 355. The lowest BCUT2D eigenvalue weighted by molar-refractivity contribution is -0.144. The predicted molar refractivity (Wildman–Crippen MR) is 84.2 cm³/mol. The van der Waals surface area contributed by atoms with Crippen molar-refractivity contribution in [2.75, 3.05) is 40.3 Å².